The third-order valence-electron chi connectivity index (χ3n) is 3.21. The third-order valence-corrected chi connectivity index (χ3v) is 10.2. The van der Waals surface area contributed by atoms with Crippen LogP contribution in [0, 0.1) is 7.14 Å². The predicted octanol–water partition coefficient (Wildman–Crippen LogP) is 2.80. The Labute approximate surface area is 167 Å². The Hall–Kier alpha value is -2.06. The number of rotatable bonds is 7. The van der Waals surface area contributed by atoms with E-state index in [1.54, 1.807) is 12.1 Å². The van der Waals surface area contributed by atoms with Gasteiger partial charge < -0.3 is 0 Å². The number of methoxy groups -OCH3 is 1. The molecule has 0 aliphatic rings. The van der Waals surface area contributed by atoms with Crippen LogP contribution in [0.4, 0.5) is 13.2 Å². The van der Waals surface area contributed by atoms with E-state index in [4.69, 9.17) is 18.7 Å². The number of hydrogen-bond donors (Lipinski definition) is 2. The number of nitrogens with zero attached hydrogens (tertiary/aromatic N) is 1. The van der Waals surface area contributed by atoms with Gasteiger partial charge in [-0.2, -0.15) is 0 Å². The third kappa shape index (κ3) is 5.72. The van der Waals surface area contributed by atoms with Crippen molar-refractivity contribution in [2.45, 2.75) is 12.1 Å². The first kappa shape index (κ1) is 22.2. The van der Waals surface area contributed by atoms with Gasteiger partial charge in [0.05, 0.1) is 0 Å². The van der Waals surface area contributed by atoms with Crippen LogP contribution in [0.2, 0.25) is 0 Å². The van der Waals surface area contributed by atoms with Crippen molar-refractivity contribution in [3.63, 3.8) is 0 Å². The van der Waals surface area contributed by atoms with Gasteiger partial charge in [-0.3, -0.25) is 0 Å². The molecule has 12 heteroatoms. The Morgan fingerprint density at radius 2 is 1.75 bits per heavy atom. The molecule has 0 radical (unpaired) electrons. The second-order valence-electron chi connectivity index (χ2n) is 5.24. The first-order chi connectivity index (χ1) is 13.0. The van der Waals surface area contributed by atoms with E-state index in [-0.39, 0.29) is 12.5 Å². The van der Waals surface area contributed by atoms with Crippen molar-refractivity contribution in [3.05, 3.63) is 61.2 Å². The molecule has 0 aliphatic carbocycles. The van der Waals surface area contributed by atoms with E-state index in [2.05, 4.69) is 4.99 Å². The van der Waals surface area contributed by atoms with Crippen molar-refractivity contribution in [2.75, 3.05) is 7.11 Å². The molecule has 0 unspecified atom stereocenters. The number of guanidine groups is 1. The molecule has 0 heterocycles. The first-order valence-electron chi connectivity index (χ1n) is 7.53. The summed E-state index contributed by atoms with van der Waals surface area (Å²) in [6.07, 6.45) is 0. The zero-order valence-corrected chi connectivity index (χ0v) is 17.5. The van der Waals surface area contributed by atoms with Gasteiger partial charge in [0, 0.05) is 0 Å². The molecule has 0 amide bonds. The molecule has 0 bridgehead atoms. The van der Waals surface area contributed by atoms with Gasteiger partial charge in [-0.05, 0) is 0 Å². The summed E-state index contributed by atoms with van der Waals surface area (Å²) in [5.74, 6) is 0.326. The molecule has 0 fully saturated rings. The number of halogens is 4. The standard InChI is InChI=1S/C16H17F3IN3O4S/c1-26-14-7-5-12(6-8-14)20(27-28(24,25)16(17,18)19)13-4-2-3-11(9-13)10-23-15(21)22/h2-9H,10H2,1H3,(H4,21,22,23). The van der Waals surface area contributed by atoms with E-state index in [9.17, 15) is 21.6 Å². The van der Waals surface area contributed by atoms with Gasteiger partial charge in [-0.15, -0.1) is 0 Å². The number of benzene rings is 2. The molecule has 2 rings (SSSR count). The van der Waals surface area contributed by atoms with Crippen LogP contribution in [0.25, 0.3) is 0 Å². The summed E-state index contributed by atoms with van der Waals surface area (Å²) in [4.78, 5) is 3.84. The maximum atomic E-state index is 12.9. The van der Waals surface area contributed by atoms with Crippen molar-refractivity contribution >= 4 is 36.3 Å². The van der Waals surface area contributed by atoms with Crippen LogP contribution in [0.5, 0.6) is 5.75 Å². The van der Waals surface area contributed by atoms with E-state index in [0.717, 1.165) is 0 Å². The second kappa shape index (κ2) is 8.96. The van der Waals surface area contributed by atoms with Gasteiger partial charge in [0.1, 0.15) is 0 Å². The Kier molecular flexibility index (Phi) is 7.11. The maximum absolute atomic E-state index is 12.9. The average Bonchev–Trinajstić information content (AvgIpc) is 2.64. The van der Waals surface area contributed by atoms with Gasteiger partial charge in [0.2, 0.25) is 0 Å². The summed E-state index contributed by atoms with van der Waals surface area (Å²) >= 11 is -3.48. The summed E-state index contributed by atoms with van der Waals surface area (Å²) in [7, 11) is -4.34. The summed E-state index contributed by atoms with van der Waals surface area (Å²) in [6, 6.07) is 12.3. The molecule has 0 aromatic heterocycles. The molecule has 0 saturated carbocycles. The molecule has 2 aromatic carbocycles. The van der Waals surface area contributed by atoms with Crippen molar-refractivity contribution in [1.82, 2.24) is 0 Å². The Morgan fingerprint density at radius 3 is 2.29 bits per heavy atom. The van der Waals surface area contributed by atoms with Crippen LogP contribution >= 0.6 is 20.2 Å². The van der Waals surface area contributed by atoms with E-state index in [1.165, 1.54) is 43.5 Å². The van der Waals surface area contributed by atoms with E-state index in [0.29, 0.717) is 18.5 Å². The number of ether oxygens (including phenoxy) is 1. The predicted molar refractivity (Wildman–Crippen MR) is 106 cm³/mol. The molecule has 0 saturated heterocycles. The van der Waals surface area contributed by atoms with Crippen LogP contribution in [-0.4, -0.2) is 27.0 Å². The quantitative estimate of drug-likeness (QED) is 0.246. The second-order valence-corrected chi connectivity index (χ2v) is 11.7. The van der Waals surface area contributed by atoms with Gasteiger partial charge in [-0.1, -0.05) is 0 Å². The van der Waals surface area contributed by atoms with Crippen molar-refractivity contribution in [3.8, 4) is 5.75 Å². The van der Waals surface area contributed by atoms with Crippen LogP contribution in [0.1, 0.15) is 5.56 Å². The molecule has 0 atom stereocenters. The summed E-state index contributed by atoms with van der Waals surface area (Å²) < 4.78 is 72.3. The molecule has 4 N–H and O–H groups in total. The SMILES string of the molecule is COc1ccc(I(OS(=O)(=O)C(F)(F)F)c2cccc(CN=C(N)N)c2)cc1. The van der Waals surface area contributed by atoms with Gasteiger partial charge in [0.15, 0.2) is 0 Å². The van der Waals surface area contributed by atoms with Gasteiger partial charge >= 0.3 is 168 Å². The summed E-state index contributed by atoms with van der Waals surface area (Å²) in [5.41, 5.74) is 5.64. The van der Waals surface area contributed by atoms with Crippen LogP contribution < -0.4 is 16.2 Å². The Morgan fingerprint density at radius 1 is 1.11 bits per heavy atom. The van der Waals surface area contributed by atoms with Gasteiger partial charge in [0.25, 0.3) is 0 Å². The zero-order chi connectivity index (χ0) is 20.9. The van der Waals surface area contributed by atoms with Gasteiger partial charge in [-0.25, -0.2) is 0 Å². The molecule has 154 valence electrons. The number of nitrogens with two attached hydrogens (primary N) is 2. The first-order valence-corrected chi connectivity index (χ1v) is 12.0. The fourth-order valence-corrected chi connectivity index (χ4v) is 8.54. The summed E-state index contributed by atoms with van der Waals surface area (Å²) in [5, 5.41) is 0. The van der Waals surface area contributed by atoms with Crippen molar-refractivity contribution in [1.29, 1.82) is 0 Å². The fraction of sp³-hybridized carbons (Fsp3) is 0.188. The van der Waals surface area contributed by atoms with E-state index < -0.39 is 35.9 Å². The minimum absolute atomic E-state index is 0.0921. The fourth-order valence-electron chi connectivity index (χ4n) is 1.93. The Bertz CT molecular complexity index is 946. The molecule has 28 heavy (non-hydrogen) atoms. The molecular weight excluding hydrogens is 514 g/mol. The van der Waals surface area contributed by atoms with E-state index >= 15 is 0 Å². The number of alkyl halides is 3. The van der Waals surface area contributed by atoms with Crippen molar-refractivity contribution < 1.29 is 28.8 Å². The monoisotopic (exact) mass is 531 g/mol. The van der Waals surface area contributed by atoms with E-state index in [1.807, 2.05) is 0 Å². The van der Waals surface area contributed by atoms with Crippen LogP contribution in [-0.2, 0) is 19.2 Å². The minimum atomic E-state index is -5.78. The number of hydrogen-bond acceptors (Lipinski definition) is 5. The molecule has 2 aromatic rings. The molecule has 7 nitrogen and oxygen atoms in total. The van der Waals surface area contributed by atoms with Crippen molar-refractivity contribution in [2.24, 2.45) is 16.5 Å². The van der Waals surface area contributed by atoms with Crippen LogP contribution in [0.3, 0.4) is 0 Å². The average molecular weight is 531 g/mol. The topological polar surface area (TPSA) is 117 Å². The number of aliphatic imine (C=N–C) groups is 1. The molecule has 0 aliphatic heterocycles. The zero-order valence-electron chi connectivity index (χ0n) is 14.5. The normalized spacial score (nSPS) is 12.4. The molecule has 0 spiro atoms. The Balaban J connectivity index is 2.49. The van der Waals surface area contributed by atoms with Crippen LogP contribution in [0.15, 0.2) is 53.5 Å². The summed E-state index contributed by atoms with van der Waals surface area (Å²) in [6.45, 7) is 0.0921. The molecular formula is C16H17F3IN3O4S.